The number of ether oxygens (including phenoxy) is 1. The molecular weight excluding hydrogens is 285 g/mol. The van der Waals surface area contributed by atoms with E-state index in [0.29, 0.717) is 4.68 Å². The van der Waals surface area contributed by atoms with E-state index < -0.39 is 48.4 Å². The molecule has 0 amide bonds. The zero-order valence-electron chi connectivity index (χ0n) is 10.2. The van der Waals surface area contributed by atoms with Gasteiger partial charge in [-0.2, -0.15) is 18.3 Å². The lowest BCUT2D eigenvalue weighted by atomic mass is 10.3. The molecule has 0 saturated carbocycles. The second-order valence-corrected chi connectivity index (χ2v) is 3.62. The number of rotatable bonds is 5. The summed E-state index contributed by atoms with van der Waals surface area (Å²) in [5.74, 6) is -3.24. The lowest BCUT2D eigenvalue weighted by Gasteiger charge is -2.08. The standard InChI is InChI=1S/C9H11F3N4O4/c1-20-8(19)5-6(13)16(2-4(17)18)15-7(5)14-3-9(10,11)12/h2-3,13H2,1H3,(H,14,15)(H,17,18). The van der Waals surface area contributed by atoms with Gasteiger partial charge < -0.3 is 20.9 Å². The molecule has 1 aromatic heterocycles. The zero-order chi connectivity index (χ0) is 15.5. The minimum atomic E-state index is -4.54. The number of anilines is 2. The number of nitrogens with one attached hydrogen (secondary N) is 1. The molecule has 112 valence electrons. The van der Waals surface area contributed by atoms with Crippen LogP contribution in [-0.4, -0.2) is 46.7 Å². The fourth-order valence-electron chi connectivity index (χ4n) is 1.33. The predicted molar refractivity (Wildman–Crippen MR) is 60.2 cm³/mol. The molecule has 1 rings (SSSR count). The molecule has 0 spiro atoms. The summed E-state index contributed by atoms with van der Waals surface area (Å²) in [6.07, 6.45) is -4.54. The molecule has 8 nitrogen and oxygen atoms in total. The molecule has 0 aromatic carbocycles. The normalized spacial score (nSPS) is 11.2. The van der Waals surface area contributed by atoms with E-state index in [0.717, 1.165) is 7.11 Å². The number of nitrogens with zero attached hydrogens (tertiary/aromatic N) is 2. The van der Waals surface area contributed by atoms with Gasteiger partial charge in [0.15, 0.2) is 5.82 Å². The maximum atomic E-state index is 12.1. The molecule has 0 atom stereocenters. The molecule has 0 radical (unpaired) electrons. The summed E-state index contributed by atoms with van der Waals surface area (Å²) in [4.78, 5) is 22.0. The zero-order valence-corrected chi connectivity index (χ0v) is 10.2. The topological polar surface area (TPSA) is 119 Å². The number of aliphatic carboxylic acids is 1. The van der Waals surface area contributed by atoms with Crippen molar-refractivity contribution in [3.05, 3.63) is 5.56 Å². The molecule has 20 heavy (non-hydrogen) atoms. The van der Waals surface area contributed by atoms with Crippen LogP contribution >= 0.6 is 0 Å². The van der Waals surface area contributed by atoms with Crippen molar-refractivity contribution in [2.24, 2.45) is 0 Å². The van der Waals surface area contributed by atoms with Gasteiger partial charge in [-0.1, -0.05) is 0 Å². The fraction of sp³-hybridized carbons (Fsp3) is 0.444. The van der Waals surface area contributed by atoms with Gasteiger partial charge in [0.05, 0.1) is 7.11 Å². The van der Waals surface area contributed by atoms with Gasteiger partial charge in [0.2, 0.25) is 0 Å². The van der Waals surface area contributed by atoms with Gasteiger partial charge in [0, 0.05) is 0 Å². The maximum absolute atomic E-state index is 12.1. The second-order valence-electron chi connectivity index (χ2n) is 3.62. The number of methoxy groups -OCH3 is 1. The number of aromatic nitrogens is 2. The largest absolute Gasteiger partial charge is 0.480 e. The van der Waals surface area contributed by atoms with E-state index in [2.05, 4.69) is 9.84 Å². The van der Waals surface area contributed by atoms with Crippen LogP contribution in [0.5, 0.6) is 0 Å². The Balaban J connectivity index is 3.13. The van der Waals surface area contributed by atoms with E-state index in [4.69, 9.17) is 10.8 Å². The minimum absolute atomic E-state index is 0.399. The van der Waals surface area contributed by atoms with Crippen molar-refractivity contribution in [1.82, 2.24) is 9.78 Å². The Labute approximate surface area is 110 Å². The van der Waals surface area contributed by atoms with Crippen LogP contribution in [0.3, 0.4) is 0 Å². The van der Waals surface area contributed by atoms with Crippen LogP contribution in [0.1, 0.15) is 10.4 Å². The highest BCUT2D eigenvalue weighted by Crippen LogP contribution is 2.24. The van der Waals surface area contributed by atoms with Crippen molar-refractivity contribution in [1.29, 1.82) is 0 Å². The van der Waals surface area contributed by atoms with E-state index in [1.807, 2.05) is 5.32 Å². The molecule has 0 bridgehead atoms. The van der Waals surface area contributed by atoms with E-state index in [1.54, 1.807) is 0 Å². The summed E-state index contributed by atoms with van der Waals surface area (Å²) in [5, 5.41) is 14.0. The number of carboxylic acid groups (broad SMARTS) is 1. The highest BCUT2D eigenvalue weighted by atomic mass is 19.4. The number of hydrogen-bond donors (Lipinski definition) is 3. The van der Waals surface area contributed by atoms with Gasteiger partial charge in [-0.05, 0) is 0 Å². The quantitative estimate of drug-likeness (QED) is 0.669. The Morgan fingerprint density at radius 2 is 2.10 bits per heavy atom. The SMILES string of the molecule is COC(=O)c1c(NCC(F)(F)F)nn(CC(=O)O)c1N. The number of alkyl halides is 3. The average Bonchev–Trinajstić information content (AvgIpc) is 2.61. The van der Waals surface area contributed by atoms with Crippen LogP contribution < -0.4 is 11.1 Å². The first kappa shape index (κ1) is 15.6. The van der Waals surface area contributed by atoms with Gasteiger partial charge in [-0.25, -0.2) is 9.48 Å². The summed E-state index contributed by atoms with van der Waals surface area (Å²) in [7, 11) is 1.00. The Bertz CT molecular complexity index is 526. The molecule has 0 aliphatic heterocycles. The molecule has 1 heterocycles. The first-order valence-corrected chi connectivity index (χ1v) is 5.12. The Morgan fingerprint density at radius 3 is 2.55 bits per heavy atom. The number of carboxylic acids is 1. The van der Waals surface area contributed by atoms with Gasteiger partial charge in [-0.15, -0.1) is 0 Å². The van der Waals surface area contributed by atoms with Crippen molar-refractivity contribution in [3.8, 4) is 0 Å². The third-order valence-corrected chi connectivity index (χ3v) is 2.12. The summed E-state index contributed by atoms with van der Waals surface area (Å²) < 4.78 is 41.5. The lowest BCUT2D eigenvalue weighted by Crippen LogP contribution is -2.22. The predicted octanol–water partition coefficient (Wildman–Crippen LogP) is 0.311. The average molecular weight is 296 g/mol. The van der Waals surface area contributed by atoms with Gasteiger partial charge in [0.1, 0.15) is 24.5 Å². The molecule has 0 aliphatic carbocycles. The number of nitrogens with two attached hydrogens (primary N) is 1. The Hall–Kier alpha value is -2.46. The number of carbonyl (C=O) groups excluding carboxylic acids is 1. The van der Waals surface area contributed by atoms with Crippen LogP contribution in [0.25, 0.3) is 0 Å². The van der Waals surface area contributed by atoms with Crippen molar-refractivity contribution in [3.63, 3.8) is 0 Å². The summed E-state index contributed by atoms with van der Waals surface area (Å²) in [5.41, 5.74) is 5.04. The van der Waals surface area contributed by atoms with Crippen LogP contribution in [-0.2, 0) is 16.1 Å². The van der Waals surface area contributed by atoms with Crippen molar-refractivity contribution < 1.29 is 32.6 Å². The molecule has 11 heteroatoms. The highest BCUT2D eigenvalue weighted by molar-refractivity contribution is 5.99. The van der Waals surface area contributed by atoms with E-state index >= 15 is 0 Å². The van der Waals surface area contributed by atoms with E-state index in [-0.39, 0.29) is 0 Å². The molecule has 0 aliphatic rings. The fourth-order valence-corrected chi connectivity index (χ4v) is 1.33. The molecule has 0 fully saturated rings. The summed E-state index contributed by atoms with van der Waals surface area (Å²) >= 11 is 0. The Kier molecular flexibility index (Phi) is 4.42. The smallest absolute Gasteiger partial charge is 0.405 e. The van der Waals surface area contributed by atoms with Gasteiger partial charge >= 0.3 is 18.1 Å². The number of esters is 1. The molecule has 0 unspecified atom stereocenters. The van der Waals surface area contributed by atoms with E-state index in [1.165, 1.54) is 0 Å². The summed E-state index contributed by atoms with van der Waals surface area (Å²) in [6.45, 7) is -2.16. The van der Waals surface area contributed by atoms with Crippen LogP contribution in [0.4, 0.5) is 24.8 Å². The van der Waals surface area contributed by atoms with Crippen molar-refractivity contribution in [2.45, 2.75) is 12.7 Å². The van der Waals surface area contributed by atoms with E-state index in [9.17, 15) is 22.8 Å². The van der Waals surface area contributed by atoms with Gasteiger partial charge in [0.25, 0.3) is 0 Å². The third-order valence-electron chi connectivity index (χ3n) is 2.12. The lowest BCUT2D eigenvalue weighted by molar-refractivity contribution is -0.137. The number of hydrogen-bond acceptors (Lipinski definition) is 6. The maximum Gasteiger partial charge on any atom is 0.405 e. The number of halogens is 3. The Morgan fingerprint density at radius 1 is 1.50 bits per heavy atom. The molecule has 4 N–H and O–H groups in total. The summed E-state index contributed by atoms with van der Waals surface area (Å²) in [6, 6.07) is 0. The second kappa shape index (κ2) is 5.67. The molecule has 0 saturated heterocycles. The minimum Gasteiger partial charge on any atom is -0.480 e. The first-order valence-electron chi connectivity index (χ1n) is 5.12. The highest BCUT2D eigenvalue weighted by Gasteiger charge is 2.30. The van der Waals surface area contributed by atoms with Crippen LogP contribution in [0.15, 0.2) is 0 Å². The number of nitrogen functional groups attached to an aromatic ring is 1. The molecule has 1 aromatic rings. The van der Waals surface area contributed by atoms with Crippen LogP contribution in [0.2, 0.25) is 0 Å². The van der Waals surface area contributed by atoms with Gasteiger partial charge in [-0.3, -0.25) is 4.79 Å². The van der Waals surface area contributed by atoms with Crippen LogP contribution in [0, 0.1) is 0 Å². The monoisotopic (exact) mass is 296 g/mol. The number of carbonyl (C=O) groups is 2. The molecular formula is C9H11F3N4O4. The first-order chi connectivity index (χ1) is 9.15. The van der Waals surface area contributed by atoms with Crippen molar-refractivity contribution in [2.75, 3.05) is 24.7 Å². The third kappa shape index (κ3) is 3.76. The van der Waals surface area contributed by atoms with Crippen molar-refractivity contribution >= 4 is 23.6 Å².